The molecule has 1 N–H and O–H groups in total. The molecular formula is C17H13ClN2O3S. The Bertz CT molecular complexity index is 820. The summed E-state index contributed by atoms with van der Waals surface area (Å²) >= 11 is 7.58. The molecule has 0 aromatic heterocycles. The molecule has 0 radical (unpaired) electrons. The van der Waals surface area contributed by atoms with Crippen molar-refractivity contribution in [2.24, 2.45) is 0 Å². The minimum atomic E-state index is -0.158. The summed E-state index contributed by atoms with van der Waals surface area (Å²) in [5.74, 6) is 1.92. The van der Waals surface area contributed by atoms with E-state index in [4.69, 9.17) is 26.3 Å². The zero-order valence-corrected chi connectivity index (χ0v) is 14.1. The number of nitrogens with one attached hydrogen (secondary N) is 1. The van der Waals surface area contributed by atoms with Gasteiger partial charge in [0.25, 0.3) is 0 Å². The van der Waals surface area contributed by atoms with Gasteiger partial charge in [0.05, 0.1) is 22.0 Å². The van der Waals surface area contributed by atoms with Gasteiger partial charge in [0, 0.05) is 5.75 Å². The first kappa shape index (κ1) is 16.5. The average Bonchev–Trinajstić information content (AvgIpc) is 3.04. The minimum Gasteiger partial charge on any atom is -0.454 e. The Hall–Kier alpha value is -2.36. The number of carbonyl (C=O) groups is 1. The predicted molar refractivity (Wildman–Crippen MR) is 93.5 cm³/mol. The molecule has 1 aliphatic heterocycles. The zero-order valence-electron chi connectivity index (χ0n) is 12.5. The molecule has 5 nitrogen and oxygen atoms in total. The molecule has 0 spiro atoms. The molecule has 2 aromatic rings. The summed E-state index contributed by atoms with van der Waals surface area (Å²) in [4.78, 5) is 12.0. The zero-order chi connectivity index (χ0) is 16.9. The van der Waals surface area contributed by atoms with Gasteiger partial charge in [-0.05, 0) is 29.8 Å². The molecule has 0 saturated heterocycles. The maximum absolute atomic E-state index is 12.0. The fraction of sp³-hybridized carbons (Fsp3) is 0.176. The number of ether oxygens (including phenoxy) is 2. The number of fused-ring (bicyclic) bond motifs is 1. The van der Waals surface area contributed by atoms with Crippen molar-refractivity contribution in [3.05, 3.63) is 52.5 Å². The van der Waals surface area contributed by atoms with E-state index in [1.54, 1.807) is 24.3 Å². The summed E-state index contributed by atoms with van der Waals surface area (Å²) < 4.78 is 10.6. The highest BCUT2D eigenvalue weighted by molar-refractivity contribution is 7.99. The van der Waals surface area contributed by atoms with Crippen LogP contribution in [-0.4, -0.2) is 18.5 Å². The molecule has 0 fully saturated rings. The average molecular weight is 361 g/mol. The van der Waals surface area contributed by atoms with E-state index in [1.807, 2.05) is 12.1 Å². The van der Waals surface area contributed by atoms with E-state index in [-0.39, 0.29) is 18.5 Å². The van der Waals surface area contributed by atoms with Gasteiger partial charge < -0.3 is 14.8 Å². The van der Waals surface area contributed by atoms with Crippen molar-refractivity contribution >= 4 is 35.0 Å². The number of nitriles is 1. The summed E-state index contributed by atoms with van der Waals surface area (Å²) in [6, 6.07) is 12.6. The number of carbonyl (C=O) groups excluding carboxylic acids is 1. The van der Waals surface area contributed by atoms with E-state index in [0.29, 0.717) is 33.5 Å². The third-order valence-electron chi connectivity index (χ3n) is 3.31. The van der Waals surface area contributed by atoms with Crippen LogP contribution in [0.15, 0.2) is 36.4 Å². The molecule has 0 atom stereocenters. The number of rotatable bonds is 5. The third kappa shape index (κ3) is 3.75. The highest BCUT2D eigenvalue weighted by atomic mass is 35.5. The molecular weight excluding hydrogens is 348 g/mol. The molecule has 0 unspecified atom stereocenters. The van der Waals surface area contributed by atoms with Crippen LogP contribution in [-0.2, 0) is 10.5 Å². The second-order valence-corrected chi connectivity index (χ2v) is 6.40. The van der Waals surface area contributed by atoms with Gasteiger partial charge >= 0.3 is 0 Å². The summed E-state index contributed by atoms with van der Waals surface area (Å²) in [6.45, 7) is 0.173. The first-order valence-electron chi connectivity index (χ1n) is 7.12. The largest absolute Gasteiger partial charge is 0.454 e. The lowest BCUT2D eigenvalue weighted by Crippen LogP contribution is -2.15. The molecule has 7 heteroatoms. The van der Waals surface area contributed by atoms with Crippen LogP contribution in [0.1, 0.15) is 11.1 Å². The molecule has 122 valence electrons. The molecule has 0 aliphatic carbocycles. The van der Waals surface area contributed by atoms with Crippen LogP contribution < -0.4 is 14.8 Å². The Labute approximate surface area is 148 Å². The highest BCUT2D eigenvalue weighted by Crippen LogP contribution is 2.40. The van der Waals surface area contributed by atoms with Crippen molar-refractivity contribution in [2.75, 3.05) is 17.9 Å². The second kappa shape index (κ2) is 7.47. The van der Waals surface area contributed by atoms with Crippen molar-refractivity contribution in [2.45, 2.75) is 5.75 Å². The maximum Gasteiger partial charge on any atom is 0.234 e. The van der Waals surface area contributed by atoms with Gasteiger partial charge in [-0.2, -0.15) is 5.26 Å². The Balaban J connectivity index is 1.54. The number of hydrogen-bond acceptors (Lipinski definition) is 5. The molecule has 2 aromatic carbocycles. The van der Waals surface area contributed by atoms with E-state index in [2.05, 4.69) is 11.4 Å². The predicted octanol–water partition coefficient (Wildman–Crippen LogP) is 3.81. The summed E-state index contributed by atoms with van der Waals surface area (Å²) in [5, 5.41) is 12.3. The summed E-state index contributed by atoms with van der Waals surface area (Å²) in [7, 11) is 0. The Morgan fingerprint density at radius 1 is 1.33 bits per heavy atom. The van der Waals surface area contributed by atoms with Gasteiger partial charge in [-0.3, -0.25) is 4.79 Å². The summed E-state index contributed by atoms with van der Waals surface area (Å²) in [5.41, 5.74) is 1.93. The lowest BCUT2D eigenvalue weighted by molar-refractivity contribution is -0.113. The Kier molecular flexibility index (Phi) is 5.14. The van der Waals surface area contributed by atoms with Crippen LogP contribution in [0.25, 0.3) is 0 Å². The molecule has 0 saturated carbocycles. The number of para-hydroxylation sites is 1. The van der Waals surface area contributed by atoms with E-state index in [1.165, 1.54) is 11.8 Å². The lowest BCUT2D eigenvalue weighted by atomic mass is 10.2. The molecule has 3 rings (SSSR count). The number of thioether (sulfide) groups is 1. The SMILES string of the molecule is N#Cc1ccccc1NC(=O)CSCc1cc(Cl)c2c(c1)OCO2. The molecule has 1 heterocycles. The van der Waals surface area contributed by atoms with Crippen molar-refractivity contribution in [1.29, 1.82) is 5.26 Å². The highest BCUT2D eigenvalue weighted by Gasteiger charge is 2.18. The lowest BCUT2D eigenvalue weighted by Gasteiger charge is -2.07. The van der Waals surface area contributed by atoms with Crippen LogP contribution >= 0.6 is 23.4 Å². The quantitative estimate of drug-likeness (QED) is 0.877. The van der Waals surface area contributed by atoms with Crippen molar-refractivity contribution < 1.29 is 14.3 Å². The van der Waals surface area contributed by atoms with Gasteiger partial charge in [0.15, 0.2) is 11.5 Å². The maximum atomic E-state index is 12.0. The number of nitrogens with zero attached hydrogens (tertiary/aromatic N) is 1. The van der Waals surface area contributed by atoms with Gasteiger partial charge in [0.2, 0.25) is 12.7 Å². The first-order valence-corrected chi connectivity index (χ1v) is 8.65. The van der Waals surface area contributed by atoms with Crippen LogP contribution in [0, 0.1) is 11.3 Å². The standard InChI is InChI=1S/C17H13ClN2O3S/c18-13-5-11(6-15-17(13)23-10-22-15)8-24-9-16(21)20-14-4-2-1-3-12(14)7-19/h1-6H,8-10H2,(H,20,21). The van der Waals surface area contributed by atoms with Crippen molar-refractivity contribution in [3.63, 3.8) is 0 Å². The van der Waals surface area contributed by atoms with Gasteiger partial charge in [-0.25, -0.2) is 0 Å². The Morgan fingerprint density at radius 3 is 3.00 bits per heavy atom. The normalized spacial score (nSPS) is 11.8. The number of halogens is 1. The molecule has 1 aliphatic rings. The number of amides is 1. The first-order chi connectivity index (χ1) is 11.7. The summed E-state index contributed by atoms with van der Waals surface area (Å²) in [6.07, 6.45) is 0. The van der Waals surface area contributed by atoms with Crippen LogP contribution in [0.5, 0.6) is 11.5 Å². The van der Waals surface area contributed by atoms with Crippen LogP contribution in [0.2, 0.25) is 5.02 Å². The number of benzene rings is 2. The van der Waals surface area contributed by atoms with E-state index in [0.717, 1.165) is 5.56 Å². The van der Waals surface area contributed by atoms with Gasteiger partial charge in [-0.15, -0.1) is 11.8 Å². The fourth-order valence-corrected chi connectivity index (χ4v) is 3.29. The minimum absolute atomic E-state index is 0.158. The van der Waals surface area contributed by atoms with E-state index >= 15 is 0 Å². The van der Waals surface area contributed by atoms with E-state index in [9.17, 15) is 4.79 Å². The number of anilines is 1. The van der Waals surface area contributed by atoms with E-state index < -0.39 is 0 Å². The van der Waals surface area contributed by atoms with Gasteiger partial charge in [0.1, 0.15) is 6.07 Å². The molecule has 24 heavy (non-hydrogen) atoms. The number of hydrogen-bond donors (Lipinski definition) is 1. The second-order valence-electron chi connectivity index (χ2n) is 5.01. The molecule has 1 amide bonds. The van der Waals surface area contributed by atoms with Crippen molar-refractivity contribution in [3.8, 4) is 17.6 Å². The Morgan fingerprint density at radius 2 is 2.17 bits per heavy atom. The fourth-order valence-electron chi connectivity index (χ4n) is 2.24. The monoisotopic (exact) mass is 360 g/mol. The third-order valence-corrected chi connectivity index (χ3v) is 4.60. The smallest absolute Gasteiger partial charge is 0.234 e. The van der Waals surface area contributed by atoms with Crippen LogP contribution in [0.4, 0.5) is 5.69 Å². The molecule has 0 bridgehead atoms. The topological polar surface area (TPSA) is 71.4 Å². The van der Waals surface area contributed by atoms with Crippen molar-refractivity contribution in [1.82, 2.24) is 0 Å². The van der Waals surface area contributed by atoms with Gasteiger partial charge in [-0.1, -0.05) is 23.7 Å². The van der Waals surface area contributed by atoms with Crippen LogP contribution in [0.3, 0.4) is 0 Å².